The summed E-state index contributed by atoms with van der Waals surface area (Å²) in [7, 11) is 1.47. The van der Waals surface area contributed by atoms with Gasteiger partial charge in [-0.05, 0) is 36.0 Å². The van der Waals surface area contributed by atoms with Crippen LogP contribution in [-0.4, -0.2) is 60.8 Å². The zero-order valence-electron chi connectivity index (χ0n) is 16.0. The number of amides is 2. The molecule has 146 valence electrons. The molecule has 27 heavy (non-hydrogen) atoms. The summed E-state index contributed by atoms with van der Waals surface area (Å²) in [5.74, 6) is -0.312. The fraction of sp³-hybridized carbons (Fsp3) is 0.524. The molecule has 1 aliphatic carbocycles. The maximum atomic E-state index is 12.1. The average Bonchev–Trinajstić information content (AvgIpc) is 3.16. The summed E-state index contributed by atoms with van der Waals surface area (Å²) in [6.45, 7) is 1.73. The van der Waals surface area contributed by atoms with E-state index in [1.54, 1.807) is 4.90 Å². The van der Waals surface area contributed by atoms with Crippen LogP contribution in [0.1, 0.15) is 43.2 Å². The summed E-state index contributed by atoms with van der Waals surface area (Å²) in [6.07, 6.45) is 5.76. The maximum Gasteiger partial charge on any atom is 0.246 e. The van der Waals surface area contributed by atoms with Gasteiger partial charge in [0, 0.05) is 26.5 Å². The molecule has 1 aliphatic heterocycles. The number of nitrogens with zero attached hydrogens (tertiary/aromatic N) is 1. The highest BCUT2D eigenvalue weighted by molar-refractivity contribution is 5.78. The minimum Gasteiger partial charge on any atom is -0.394 e. The van der Waals surface area contributed by atoms with Gasteiger partial charge in [-0.25, -0.2) is 0 Å². The number of aliphatic hydroxyl groups excluding tert-OH is 1. The standard InChI is InChI=1S/C21H28N2O4/c1-14(25)23-18(11-22-20(26)13-27-2)21(19(23)12-24)17-9-7-16(8-10-17)15-5-3-4-6-15/h5,7-10,18-19,21,24H,3-4,6,11-13H2,1-2H3,(H,22,26)/t18-,19-,21+/m0/s1. The van der Waals surface area contributed by atoms with Crippen molar-refractivity contribution in [3.05, 3.63) is 41.5 Å². The third-order valence-corrected chi connectivity index (χ3v) is 5.59. The molecule has 6 nitrogen and oxygen atoms in total. The van der Waals surface area contributed by atoms with Crippen molar-refractivity contribution >= 4 is 17.4 Å². The second kappa shape index (κ2) is 8.67. The second-order valence-corrected chi connectivity index (χ2v) is 7.25. The van der Waals surface area contributed by atoms with Crippen molar-refractivity contribution in [3.63, 3.8) is 0 Å². The molecule has 0 saturated carbocycles. The van der Waals surface area contributed by atoms with Crippen LogP contribution in [0.25, 0.3) is 5.57 Å². The first kappa shape index (κ1) is 19.6. The highest BCUT2D eigenvalue weighted by atomic mass is 16.5. The molecule has 1 saturated heterocycles. The number of hydrogen-bond acceptors (Lipinski definition) is 4. The molecule has 0 bridgehead atoms. The van der Waals surface area contributed by atoms with Crippen molar-refractivity contribution in [2.24, 2.45) is 0 Å². The van der Waals surface area contributed by atoms with E-state index in [0.717, 1.165) is 18.4 Å². The number of allylic oxidation sites excluding steroid dienone is 2. The number of ether oxygens (including phenoxy) is 1. The molecule has 0 radical (unpaired) electrons. The molecule has 1 aromatic carbocycles. The van der Waals surface area contributed by atoms with Gasteiger partial charge in [-0.15, -0.1) is 0 Å². The minimum absolute atomic E-state index is 0.00616. The minimum atomic E-state index is -0.261. The third-order valence-electron chi connectivity index (χ3n) is 5.59. The summed E-state index contributed by atoms with van der Waals surface area (Å²) in [4.78, 5) is 25.5. The summed E-state index contributed by atoms with van der Waals surface area (Å²) < 4.78 is 4.84. The highest BCUT2D eigenvalue weighted by Gasteiger charge is 2.49. The van der Waals surface area contributed by atoms with Crippen molar-refractivity contribution < 1.29 is 19.4 Å². The quantitative estimate of drug-likeness (QED) is 0.763. The number of benzene rings is 1. The molecule has 3 atom stereocenters. The molecular weight excluding hydrogens is 344 g/mol. The Kier molecular flexibility index (Phi) is 6.29. The molecule has 1 aromatic rings. The Labute approximate surface area is 160 Å². The average molecular weight is 372 g/mol. The van der Waals surface area contributed by atoms with Crippen LogP contribution in [0.3, 0.4) is 0 Å². The fourth-order valence-electron chi connectivity index (χ4n) is 4.34. The number of hydrogen-bond donors (Lipinski definition) is 2. The molecule has 3 rings (SSSR count). The van der Waals surface area contributed by atoms with E-state index in [9.17, 15) is 14.7 Å². The Morgan fingerprint density at radius 2 is 2.00 bits per heavy atom. The van der Waals surface area contributed by atoms with Crippen LogP contribution in [0.4, 0.5) is 0 Å². The first-order valence-corrected chi connectivity index (χ1v) is 9.51. The molecule has 1 heterocycles. The lowest BCUT2D eigenvalue weighted by Crippen LogP contribution is -2.68. The normalized spacial score (nSPS) is 24.3. The van der Waals surface area contributed by atoms with E-state index in [1.807, 2.05) is 0 Å². The van der Waals surface area contributed by atoms with Gasteiger partial charge in [0.2, 0.25) is 11.8 Å². The number of rotatable bonds is 7. The highest BCUT2D eigenvalue weighted by Crippen LogP contribution is 2.41. The molecule has 2 aliphatic rings. The van der Waals surface area contributed by atoms with Crippen LogP contribution in [0.5, 0.6) is 0 Å². The Morgan fingerprint density at radius 3 is 2.56 bits per heavy atom. The first-order chi connectivity index (χ1) is 13.1. The fourth-order valence-corrected chi connectivity index (χ4v) is 4.34. The molecule has 0 aromatic heterocycles. The summed E-state index contributed by atoms with van der Waals surface area (Å²) in [5.41, 5.74) is 3.71. The van der Waals surface area contributed by atoms with E-state index < -0.39 is 0 Å². The van der Waals surface area contributed by atoms with Crippen LogP contribution >= 0.6 is 0 Å². The Bertz CT molecular complexity index is 713. The van der Waals surface area contributed by atoms with Crippen LogP contribution in [0.2, 0.25) is 0 Å². The summed E-state index contributed by atoms with van der Waals surface area (Å²) in [6, 6.07) is 7.99. The largest absolute Gasteiger partial charge is 0.394 e. The van der Waals surface area contributed by atoms with Gasteiger partial charge in [0.05, 0.1) is 18.7 Å². The smallest absolute Gasteiger partial charge is 0.246 e. The van der Waals surface area contributed by atoms with Gasteiger partial charge in [-0.1, -0.05) is 30.3 Å². The molecule has 2 amide bonds. The molecule has 0 spiro atoms. The van der Waals surface area contributed by atoms with Crippen molar-refractivity contribution in [2.75, 3.05) is 26.9 Å². The van der Waals surface area contributed by atoms with E-state index >= 15 is 0 Å². The van der Waals surface area contributed by atoms with Gasteiger partial charge in [-0.3, -0.25) is 9.59 Å². The van der Waals surface area contributed by atoms with E-state index in [4.69, 9.17) is 4.74 Å². The number of methoxy groups -OCH3 is 1. The Hall–Kier alpha value is -2.18. The Balaban J connectivity index is 1.77. The van der Waals surface area contributed by atoms with Crippen LogP contribution in [-0.2, 0) is 14.3 Å². The number of likely N-dealkylation sites (tertiary alicyclic amines) is 1. The van der Waals surface area contributed by atoms with E-state index in [0.29, 0.717) is 6.54 Å². The van der Waals surface area contributed by atoms with Gasteiger partial charge in [-0.2, -0.15) is 0 Å². The number of carbonyl (C=O) groups excluding carboxylic acids is 2. The molecular formula is C21H28N2O4. The van der Waals surface area contributed by atoms with E-state index in [-0.39, 0.29) is 43.0 Å². The van der Waals surface area contributed by atoms with Crippen LogP contribution in [0.15, 0.2) is 30.3 Å². The molecule has 1 fully saturated rings. The van der Waals surface area contributed by atoms with Crippen molar-refractivity contribution in [2.45, 2.75) is 44.2 Å². The van der Waals surface area contributed by atoms with Crippen molar-refractivity contribution in [3.8, 4) is 0 Å². The van der Waals surface area contributed by atoms with Crippen molar-refractivity contribution in [1.29, 1.82) is 0 Å². The van der Waals surface area contributed by atoms with Gasteiger partial charge < -0.3 is 20.1 Å². The predicted octanol–water partition coefficient (Wildman–Crippen LogP) is 1.69. The van der Waals surface area contributed by atoms with Gasteiger partial charge in [0.1, 0.15) is 6.61 Å². The topological polar surface area (TPSA) is 78.9 Å². The SMILES string of the molecule is COCC(=O)NC[C@H]1[C@@H](c2ccc(C3=CCCC3)cc2)[C@H](CO)N1C(C)=O. The summed E-state index contributed by atoms with van der Waals surface area (Å²) in [5, 5.41) is 12.7. The van der Waals surface area contributed by atoms with Crippen LogP contribution in [0, 0.1) is 0 Å². The van der Waals surface area contributed by atoms with Gasteiger partial charge >= 0.3 is 0 Å². The first-order valence-electron chi connectivity index (χ1n) is 9.51. The lowest BCUT2D eigenvalue weighted by Gasteiger charge is -2.54. The number of aliphatic hydroxyl groups is 1. The second-order valence-electron chi connectivity index (χ2n) is 7.25. The lowest BCUT2D eigenvalue weighted by atomic mass is 9.74. The van der Waals surface area contributed by atoms with E-state index in [2.05, 4.69) is 35.7 Å². The van der Waals surface area contributed by atoms with Crippen LogP contribution < -0.4 is 5.32 Å². The lowest BCUT2D eigenvalue weighted by molar-refractivity contribution is -0.148. The summed E-state index contributed by atoms with van der Waals surface area (Å²) >= 11 is 0. The van der Waals surface area contributed by atoms with Gasteiger partial charge in [0.15, 0.2) is 0 Å². The number of carbonyl (C=O) groups is 2. The predicted molar refractivity (Wildman–Crippen MR) is 103 cm³/mol. The monoisotopic (exact) mass is 372 g/mol. The van der Waals surface area contributed by atoms with E-state index in [1.165, 1.54) is 31.6 Å². The van der Waals surface area contributed by atoms with Crippen molar-refractivity contribution in [1.82, 2.24) is 10.2 Å². The molecule has 0 unspecified atom stereocenters. The Morgan fingerprint density at radius 1 is 1.26 bits per heavy atom. The molecule has 6 heteroatoms. The van der Waals surface area contributed by atoms with Gasteiger partial charge in [0.25, 0.3) is 0 Å². The zero-order valence-corrected chi connectivity index (χ0v) is 16.0. The third kappa shape index (κ3) is 4.06. The zero-order chi connectivity index (χ0) is 19.4. The molecule has 2 N–H and O–H groups in total. The number of nitrogens with one attached hydrogen (secondary N) is 1. The maximum absolute atomic E-state index is 12.1.